The average Bonchev–Trinajstić information content (AvgIpc) is 3.08. The highest BCUT2D eigenvalue weighted by Gasteiger charge is 2.17. The molecular weight excluding hydrogens is 342 g/mol. The van der Waals surface area contributed by atoms with Crippen molar-refractivity contribution in [2.24, 2.45) is 0 Å². The van der Waals surface area contributed by atoms with Crippen LogP contribution in [0, 0.1) is 0 Å². The number of nitrogens with one attached hydrogen (secondary N) is 1. The second-order valence-corrected chi connectivity index (χ2v) is 7.05. The second-order valence-electron chi connectivity index (χ2n) is 5.83. The highest BCUT2D eigenvalue weighted by molar-refractivity contribution is 7.08. The predicted octanol–water partition coefficient (Wildman–Crippen LogP) is 3.81. The lowest BCUT2D eigenvalue weighted by atomic mass is 10.2. The third-order valence-electron chi connectivity index (χ3n) is 4.03. The minimum absolute atomic E-state index is 0.154. The molecule has 1 aromatic carbocycles. The zero-order valence-electron chi connectivity index (χ0n) is 13.5. The van der Waals surface area contributed by atoms with Crippen molar-refractivity contribution in [2.75, 3.05) is 43.4 Å². The maximum Gasteiger partial charge on any atom is 0.248 e. The zero-order chi connectivity index (χ0) is 16.9. The molecule has 0 aliphatic carbocycles. The molecule has 0 atom stereocenters. The van der Waals surface area contributed by atoms with Crippen molar-refractivity contribution in [2.45, 2.75) is 0 Å². The van der Waals surface area contributed by atoms with E-state index in [9.17, 15) is 4.79 Å². The molecule has 1 aromatic heterocycles. The van der Waals surface area contributed by atoms with Crippen LogP contribution in [0.1, 0.15) is 5.56 Å². The number of hydrogen-bond donors (Lipinski definition) is 1. The third-order valence-corrected chi connectivity index (χ3v) is 4.97. The Kier molecular flexibility index (Phi) is 5.56. The van der Waals surface area contributed by atoms with Gasteiger partial charge in [0.1, 0.15) is 0 Å². The second kappa shape index (κ2) is 7.83. The molecule has 126 valence electrons. The lowest BCUT2D eigenvalue weighted by molar-refractivity contribution is -0.111. The number of amides is 1. The standard InChI is InChI=1S/C18H20ClN3OS/c1-21-7-9-22(10-8-21)17-4-3-15(19)12-16(17)20-18(23)5-2-14-6-11-24-13-14/h2-6,11-13H,7-10H2,1H3,(H,20,23)/b5-2+. The van der Waals surface area contributed by atoms with Crippen LogP contribution in [0.3, 0.4) is 0 Å². The van der Waals surface area contributed by atoms with Crippen LogP contribution < -0.4 is 10.2 Å². The molecule has 6 heteroatoms. The first kappa shape index (κ1) is 17.0. The molecule has 1 aliphatic heterocycles. The molecule has 0 bridgehead atoms. The molecule has 0 spiro atoms. The summed E-state index contributed by atoms with van der Waals surface area (Å²) in [6, 6.07) is 7.63. The summed E-state index contributed by atoms with van der Waals surface area (Å²) in [5.41, 5.74) is 2.80. The summed E-state index contributed by atoms with van der Waals surface area (Å²) in [6.07, 6.45) is 3.36. The van der Waals surface area contributed by atoms with Crippen LogP contribution in [0.15, 0.2) is 41.1 Å². The van der Waals surface area contributed by atoms with Gasteiger partial charge in [-0.25, -0.2) is 0 Å². The predicted molar refractivity (Wildman–Crippen MR) is 103 cm³/mol. The molecule has 2 aromatic rings. The van der Waals surface area contributed by atoms with Crippen LogP contribution >= 0.6 is 22.9 Å². The molecule has 1 fully saturated rings. The number of hydrogen-bond acceptors (Lipinski definition) is 4. The highest BCUT2D eigenvalue weighted by Crippen LogP contribution is 2.30. The summed E-state index contributed by atoms with van der Waals surface area (Å²) in [5, 5.41) is 7.56. The van der Waals surface area contributed by atoms with E-state index in [1.807, 2.05) is 41.1 Å². The Balaban J connectivity index is 1.74. The summed E-state index contributed by atoms with van der Waals surface area (Å²) in [6.45, 7) is 3.89. The van der Waals surface area contributed by atoms with Gasteiger partial charge in [-0.15, -0.1) is 0 Å². The largest absolute Gasteiger partial charge is 0.367 e. The van der Waals surface area contributed by atoms with E-state index in [4.69, 9.17) is 11.6 Å². The molecule has 0 radical (unpaired) electrons. The van der Waals surface area contributed by atoms with Gasteiger partial charge in [-0.2, -0.15) is 11.3 Å². The summed E-state index contributed by atoms with van der Waals surface area (Å²) in [4.78, 5) is 16.8. The molecule has 24 heavy (non-hydrogen) atoms. The molecule has 0 unspecified atom stereocenters. The van der Waals surface area contributed by atoms with Gasteiger partial charge in [0.2, 0.25) is 5.91 Å². The van der Waals surface area contributed by atoms with E-state index in [0.29, 0.717) is 5.02 Å². The van der Waals surface area contributed by atoms with E-state index >= 15 is 0 Å². The monoisotopic (exact) mass is 361 g/mol. The van der Waals surface area contributed by atoms with Crippen LogP contribution in [-0.2, 0) is 4.79 Å². The molecule has 4 nitrogen and oxygen atoms in total. The number of anilines is 2. The van der Waals surface area contributed by atoms with Crippen LogP contribution in [0.4, 0.5) is 11.4 Å². The Hall–Kier alpha value is -1.82. The zero-order valence-corrected chi connectivity index (χ0v) is 15.1. The topological polar surface area (TPSA) is 35.6 Å². The normalized spacial score (nSPS) is 15.8. The van der Waals surface area contributed by atoms with Crippen molar-refractivity contribution >= 4 is 46.3 Å². The van der Waals surface area contributed by atoms with Crippen molar-refractivity contribution in [3.8, 4) is 0 Å². The first-order valence-corrected chi connectivity index (χ1v) is 9.18. The molecule has 1 saturated heterocycles. The van der Waals surface area contributed by atoms with Crippen molar-refractivity contribution in [1.29, 1.82) is 0 Å². The van der Waals surface area contributed by atoms with Gasteiger partial charge in [0.05, 0.1) is 11.4 Å². The van der Waals surface area contributed by atoms with Crippen molar-refractivity contribution in [1.82, 2.24) is 4.90 Å². The molecule has 0 saturated carbocycles. The summed E-state index contributed by atoms with van der Waals surface area (Å²) < 4.78 is 0. The van der Waals surface area contributed by atoms with E-state index in [-0.39, 0.29) is 5.91 Å². The van der Waals surface area contributed by atoms with Crippen LogP contribution in [0.2, 0.25) is 5.02 Å². The van der Waals surface area contributed by atoms with E-state index in [1.54, 1.807) is 17.4 Å². The van der Waals surface area contributed by atoms with Gasteiger partial charge in [0, 0.05) is 37.3 Å². The Morgan fingerprint density at radius 1 is 1.25 bits per heavy atom. The molecule has 3 rings (SSSR count). The van der Waals surface area contributed by atoms with Gasteiger partial charge in [-0.3, -0.25) is 4.79 Å². The first-order chi connectivity index (χ1) is 11.6. The number of benzene rings is 1. The van der Waals surface area contributed by atoms with E-state index in [2.05, 4.69) is 22.2 Å². The van der Waals surface area contributed by atoms with Crippen molar-refractivity contribution < 1.29 is 4.79 Å². The van der Waals surface area contributed by atoms with Gasteiger partial charge < -0.3 is 15.1 Å². The van der Waals surface area contributed by atoms with Crippen LogP contribution in [0.5, 0.6) is 0 Å². The lowest BCUT2D eigenvalue weighted by Gasteiger charge is -2.35. The summed E-state index contributed by atoms with van der Waals surface area (Å²) in [5.74, 6) is -0.154. The van der Waals surface area contributed by atoms with Crippen molar-refractivity contribution in [3.05, 3.63) is 51.7 Å². The fraction of sp³-hybridized carbons (Fsp3) is 0.278. The number of carbonyl (C=O) groups excluding carboxylic acids is 1. The Bertz CT molecular complexity index is 722. The number of carbonyl (C=O) groups is 1. The van der Waals surface area contributed by atoms with Gasteiger partial charge in [0.15, 0.2) is 0 Å². The quantitative estimate of drug-likeness (QED) is 0.841. The summed E-state index contributed by atoms with van der Waals surface area (Å²) in [7, 11) is 2.12. The number of piperazine rings is 1. The number of likely N-dealkylation sites (N-methyl/N-ethyl adjacent to an activating group) is 1. The minimum Gasteiger partial charge on any atom is -0.367 e. The summed E-state index contributed by atoms with van der Waals surface area (Å²) >= 11 is 7.73. The number of nitrogens with zero attached hydrogens (tertiary/aromatic N) is 2. The van der Waals surface area contributed by atoms with Gasteiger partial charge in [-0.05, 0) is 53.7 Å². The Morgan fingerprint density at radius 3 is 2.75 bits per heavy atom. The van der Waals surface area contributed by atoms with E-state index in [1.165, 1.54) is 0 Å². The van der Waals surface area contributed by atoms with Crippen molar-refractivity contribution in [3.63, 3.8) is 0 Å². The first-order valence-electron chi connectivity index (χ1n) is 7.86. The molecule has 1 aliphatic rings. The molecular formula is C18H20ClN3OS. The lowest BCUT2D eigenvalue weighted by Crippen LogP contribution is -2.44. The minimum atomic E-state index is -0.154. The Morgan fingerprint density at radius 2 is 2.04 bits per heavy atom. The fourth-order valence-electron chi connectivity index (χ4n) is 2.65. The number of halogens is 1. The highest BCUT2D eigenvalue weighted by atomic mass is 35.5. The van der Waals surface area contributed by atoms with Gasteiger partial charge >= 0.3 is 0 Å². The fourth-order valence-corrected chi connectivity index (χ4v) is 3.45. The maximum atomic E-state index is 12.2. The smallest absolute Gasteiger partial charge is 0.248 e. The molecule has 1 amide bonds. The van der Waals surface area contributed by atoms with Gasteiger partial charge in [-0.1, -0.05) is 11.6 Å². The van der Waals surface area contributed by atoms with E-state index in [0.717, 1.165) is 43.1 Å². The third kappa shape index (κ3) is 4.38. The Labute approximate surface area is 151 Å². The molecule has 2 heterocycles. The SMILES string of the molecule is CN1CCN(c2ccc(Cl)cc2NC(=O)/C=C/c2ccsc2)CC1. The van der Waals surface area contributed by atoms with Crippen LogP contribution in [0.25, 0.3) is 6.08 Å². The maximum absolute atomic E-state index is 12.2. The molecule has 1 N–H and O–H groups in total. The average molecular weight is 362 g/mol. The number of rotatable bonds is 4. The van der Waals surface area contributed by atoms with Crippen LogP contribution in [-0.4, -0.2) is 44.0 Å². The van der Waals surface area contributed by atoms with Gasteiger partial charge in [0.25, 0.3) is 0 Å². The van der Waals surface area contributed by atoms with E-state index < -0.39 is 0 Å². The number of thiophene rings is 1.